The summed E-state index contributed by atoms with van der Waals surface area (Å²) in [5.41, 5.74) is 8.89. The minimum absolute atomic E-state index is 0.0251. The predicted molar refractivity (Wildman–Crippen MR) is 89.1 cm³/mol. The van der Waals surface area contributed by atoms with E-state index in [1.807, 2.05) is 31.7 Å². The molecule has 2 aromatic heterocycles. The maximum Gasteiger partial charge on any atom is 0.236 e. The highest BCUT2D eigenvalue weighted by molar-refractivity contribution is 5.78. The Morgan fingerprint density at radius 2 is 2.12 bits per heavy atom. The van der Waals surface area contributed by atoms with Gasteiger partial charge in [-0.15, -0.1) is 0 Å². The van der Waals surface area contributed by atoms with E-state index < -0.39 is 0 Å². The van der Waals surface area contributed by atoms with Crippen molar-refractivity contribution in [3.8, 4) is 11.4 Å². The first-order chi connectivity index (χ1) is 11.5. The highest BCUT2D eigenvalue weighted by atomic mass is 16.5. The molecular weight excluding hydrogens is 306 g/mol. The van der Waals surface area contributed by atoms with Gasteiger partial charge >= 0.3 is 0 Å². The average molecular weight is 329 g/mol. The van der Waals surface area contributed by atoms with E-state index in [0.717, 1.165) is 48.5 Å². The molecule has 128 valence electrons. The zero-order valence-electron chi connectivity index (χ0n) is 14.4. The van der Waals surface area contributed by atoms with Crippen LogP contribution >= 0.6 is 0 Å². The lowest BCUT2D eigenvalue weighted by Gasteiger charge is -2.35. The normalized spacial score (nSPS) is 18.0. The van der Waals surface area contributed by atoms with E-state index in [4.69, 9.17) is 15.2 Å². The van der Waals surface area contributed by atoms with Gasteiger partial charge in [0.15, 0.2) is 5.82 Å². The highest BCUT2D eigenvalue weighted by Crippen LogP contribution is 2.32. The first-order valence-electron chi connectivity index (χ1n) is 8.29. The second kappa shape index (κ2) is 6.68. The largest absolute Gasteiger partial charge is 0.361 e. The van der Waals surface area contributed by atoms with Crippen LogP contribution in [0.1, 0.15) is 48.1 Å². The number of amides is 1. The van der Waals surface area contributed by atoms with Crippen LogP contribution in [-0.4, -0.2) is 39.0 Å². The van der Waals surface area contributed by atoms with E-state index >= 15 is 0 Å². The summed E-state index contributed by atoms with van der Waals surface area (Å²) in [7, 11) is 0. The Morgan fingerprint density at radius 3 is 2.79 bits per heavy atom. The maximum absolute atomic E-state index is 12.2. The van der Waals surface area contributed by atoms with E-state index in [2.05, 4.69) is 10.1 Å². The molecule has 7 heteroatoms. The van der Waals surface area contributed by atoms with Gasteiger partial charge in [0.05, 0.1) is 29.5 Å². The van der Waals surface area contributed by atoms with Crippen LogP contribution < -0.4 is 5.73 Å². The molecule has 1 aliphatic heterocycles. The monoisotopic (exact) mass is 329 g/mol. The summed E-state index contributed by atoms with van der Waals surface area (Å²) in [6.45, 7) is 6.42. The number of rotatable bonds is 3. The number of carbonyl (C=O) groups is 1. The second-order valence-electron chi connectivity index (χ2n) is 6.26. The SMILES string of the molecule is Cc1cc([C@H]2CCCCN2C(=O)CN)nc(-c2c(C)noc2C)n1. The van der Waals surface area contributed by atoms with Crippen LogP contribution in [0.4, 0.5) is 0 Å². The van der Waals surface area contributed by atoms with Crippen molar-refractivity contribution in [2.75, 3.05) is 13.1 Å². The smallest absolute Gasteiger partial charge is 0.236 e. The number of hydrogen-bond acceptors (Lipinski definition) is 6. The Labute approximate surface area is 141 Å². The molecule has 24 heavy (non-hydrogen) atoms. The van der Waals surface area contributed by atoms with Gasteiger partial charge in [0.1, 0.15) is 5.76 Å². The maximum atomic E-state index is 12.2. The van der Waals surface area contributed by atoms with Crippen molar-refractivity contribution in [1.29, 1.82) is 0 Å². The number of aryl methyl sites for hydroxylation is 3. The van der Waals surface area contributed by atoms with Gasteiger partial charge < -0.3 is 15.2 Å². The first-order valence-corrected chi connectivity index (χ1v) is 8.29. The van der Waals surface area contributed by atoms with Gasteiger partial charge in [0.2, 0.25) is 5.91 Å². The molecule has 1 saturated heterocycles. The molecule has 2 aromatic rings. The third-order valence-electron chi connectivity index (χ3n) is 4.47. The number of piperidine rings is 1. The molecule has 7 nitrogen and oxygen atoms in total. The standard InChI is InChI=1S/C17H23N5O2/c1-10-8-13(14-6-4-5-7-22(14)15(23)9-18)20-17(19-10)16-11(2)21-24-12(16)3/h8,14H,4-7,9,18H2,1-3H3/t14-/m1/s1. The van der Waals surface area contributed by atoms with Crippen LogP contribution in [0, 0.1) is 20.8 Å². The summed E-state index contributed by atoms with van der Waals surface area (Å²) in [5.74, 6) is 1.27. The Hall–Kier alpha value is -2.28. The van der Waals surface area contributed by atoms with Crippen molar-refractivity contribution in [2.24, 2.45) is 5.73 Å². The molecule has 1 fully saturated rings. The van der Waals surface area contributed by atoms with Gasteiger partial charge in [0.25, 0.3) is 0 Å². The fraction of sp³-hybridized carbons (Fsp3) is 0.529. The fourth-order valence-electron chi connectivity index (χ4n) is 3.33. The number of carbonyl (C=O) groups excluding carboxylic acids is 1. The van der Waals surface area contributed by atoms with Gasteiger partial charge in [-0.2, -0.15) is 0 Å². The summed E-state index contributed by atoms with van der Waals surface area (Å²) in [6.07, 6.45) is 2.97. The molecule has 0 unspecified atom stereocenters. The number of nitrogens with two attached hydrogens (primary N) is 1. The molecule has 0 radical (unpaired) electrons. The van der Waals surface area contributed by atoms with E-state index in [1.54, 1.807) is 0 Å². The lowest BCUT2D eigenvalue weighted by atomic mass is 9.98. The first kappa shape index (κ1) is 16.6. The van der Waals surface area contributed by atoms with E-state index in [1.165, 1.54) is 0 Å². The van der Waals surface area contributed by atoms with Crippen LogP contribution in [0.3, 0.4) is 0 Å². The van der Waals surface area contributed by atoms with Gasteiger partial charge in [-0.05, 0) is 46.1 Å². The second-order valence-corrected chi connectivity index (χ2v) is 6.26. The van der Waals surface area contributed by atoms with Crippen molar-refractivity contribution < 1.29 is 9.32 Å². The Morgan fingerprint density at radius 1 is 1.33 bits per heavy atom. The molecule has 0 aliphatic carbocycles. The third-order valence-corrected chi connectivity index (χ3v) is 4.47. The Kier molecular flexibility index (Phi) is 4.62. The van der Waals surface area contributed by atoms with Gasteiger partial charge in [-0.1, -0.05) is 5.16 Å². The van der Waals surface area contributed by atoms with Crippen molar-refractivity contribution in [2.45, 2.75) is 46.1 Å². The molecule has 3 heterocycles. The summed E-state index contributed by atoms with van der Waals surface area (Å²) in [5, 5.41) is 3.98. The van der Waals surface area contributed by atoms with E-state index in [0.29, 0.717) is 11.6 Å². The van der Waals surface area contributed by atoms with Crippen molar-refractivity contribution in [1.82, 2.24) is 20.0 Å². The predicted octanol–water partition coefficient (Wildman–Crippen LogP) is 2.07. The quantitative estimate of drug-likeness (QED) is 0.925. The number of nitrogens with zero attached hydrogens (tertiary/aromatic N) is 4. The fourth-order valence-corrected chi connectivity index (χ4v) is 3.33. The number of likely N-dealkylation sites (tertiary alicyclic amines) is 1. The molecule has 0 spiro atoms. The average Bonchev–Trinajstić information content (AvgIpc) is 2.92. The number of hydrogen-bond donors (Lipinski definition) is 1. The van der Waals surface area contributed by atoms with Crippen LogP contribution in [-0.2, 0) is 4.79 Å². The van der Waals surface area contributed by atoms with Crippen molar-refractivity contribution >= 4 is 5.91 Å². The molecule has 3 rings (SSSR count). The summed E-state index contributed by atoms with van der Waals surface area (Å²) in [4.78, 5) is 23.3. The Balaban J connectivity index is 2.03. The minimum Gasteiger partial charge on any atom is -0.361 e. The number of aromatic nitrogens is 3. The zero-order chi connectivity index (χ0) is 17.3. The Bertz CT molecular complexity index is 736. The molecular formula is C17H23N5O2. The van der Waals surface area contributed by atoms with Crippen LogP contribution in [0.2, 0.25) is 0 Å². The lowest BCUT2D eigenvalue weighted by molar-refractivity contribution is -0.133. The zero-order valence-corrected chi connectivity index (χ0v) is 14.4. The molecule has 1 aliphatic rings. The topological polar surface area (TPSA) is 98.1 Å². The van der Waals surface area contributed by atoms with Gasteiger partial charge in [-0.3, -0.25) is 4.79 Å². The third kappa shape index (κ3) is 3.03. The molecule has 0 aromatic carbocycles. The lowest BCUT2D eigenvalue weighted by Crippen LogP contribution is -2.42. The molecule has 0 bridgehead atoms. The highest BCUT2D eigenvalue weighted by Gasteiger charge is 2.29. The van der Waals surface area contributed by atoms with Gasteiger partial charge in [0, 0.05) is 12.2 Å². The summed E-state index contributed by atoms with van der Waals surface area (Å²) in [6, 6.07) is 1.91. The minimum atomic E-state index is -0.0456. The van der Waals surface area contributed by atoms with Crippen LogP contribution in [0.5, 0.6) is 0 Å². The molecule has 2 N–H and O–H groups in total. The summed E-state index contributed by atoms with van der Waals surface area (Å²) >= 11 is 0. The molecule has 0 saturated carbocycles. The van der Waals surface area contributed by atoms with Crippen molar-refractivity contribution in [3.63, 3.8) is 0 Å². The van der Waals surface area contributed by atoms with E-state index in [9.17, 15) is 4.79 Å². The molecule has 1 amide bonds. The molecule has 1 atom stereocenters. The van der Waals surface area contributed by atoms with E-state index in [-0.39, 0.29) is 18.5 Å². The van der Waals surface area contributed by atoms with Crippen LogP contribution in [0.25, 0.3) is 11.4 Å². The van der Waals surface area contributed by atoms with Gasteiger partial charge in [-0.25, -0.2) is 9.97 Å². The summed E-state index contributed by atoms with van der Waals surface area (Å²) < 4.78 is 5.24. The van der Waals surface area contributed by atoms with Crippen molar-refractivity contribution in [3.05, 3.63) is 28.9 Å². The van der Waals surface area contributed by atoms with Crippen LogP contribution in [0.15, 0.2) is 10.6 Å².